The average molecular weight is 573 g/mol. The molecule has 30 heavy (non-hydrogen) atoms. The first kappa shape index (κ1) is 27.1. The maximum Gasteiger partial charge on any atom is 0.191 e. The maximum absolute atomic E-state index is 12.3. The van der Waals surface area contributed by atoms with Gasteiger partial charge in [0.1, 0.15) is 5.75 Å². The van der Waals surface area contributed by atoms with Gasteiger partial charge in [-0.3, -0.25) is 4.99 Å². The molecule has 7 nitrogen and oxygen atoms in total. The molecule has 1 aliphatic rings. The van der Waals surface area contributed by atoms with Crippen LogP contribution in [-0.2, 0) is 9.84 Å². The SMILES string of the molecule is CCNC(=NCCS(=O)(=O)C(C)(C)C)NC1CCN(c2cc(Cl)ccc2OC)C1.I. The first-order valence-corrected chi connectivity index (χ1v) is 12.0. The van der Waals surface area contributed by atoms with Crippen molar-refractivity contribution in [2.24, 2.45) is 4.99 Å². The zero-order valence-electron chi connectivity index (χ0n) is 18.4. The molecule has 1 unspecified atom stereocenters. The summed E-state index contributed by atoms with van der Waals surface area (Å²) in [6.07, 6.45) is 0.931. The summed E-state index contributed by atoms with van der Waals surface area (Å²) >= 11 is 6.16. The predicted molar refractivity (Wildman–Crippen MR) is 137 cm³/mol. The Labute approximate surface area is 202 Å². The first-order valence-electron chi connectivity index (χ1n) is 9.93. The van der Waals surface area contributed by atoms with Crippen LogP contribution >= 0.6 is 35.6 Å². The Morgan fingerprint density at radius 1 is 1.37 bits per heavy atom. The highest BCUT2D eigenvalue weighted by atomic mass is 127. The zero-order chi connectivity index (χ0) is 21.7. The molecule has 10 heteroatoms. The van der Waals surface area contributed by atoms with E-state index in [2.05, 4.69) is 20.5 Å². The fourth-order valence-electron chi connectivity index (χ4n) is 3.10. The van der Waals surface area contributed by atoms with Crippen LogP contribution in [0.1, 0.15) is 34.1 Å². The van der Waals surface area contributed by atoms with Crippen molar-refractivity contribution >= 4 is 57.1 Å². The molecule has 1 aliphatic heterocycles. The molecule has 0 aromatic heterocycles. The van der Waals surface area contributed by atoms with Gasteiger partial charge < -0.3 is 20.3 Å². The van der Waals surface area contributed by atoms with Crippen molar-refractivity contribution in [2.75, 3.05) is 43.9 Å². The van der Waals surface area contributed by atoms with E-state index in [9.17, 15) is 8.42 Å². The Hall–Kier alpha value is -0.940. The molecule has 1 aromatic carbocycles. The molecule has 0 bridgehead atoms. The minimum Gasteiger partial charge on any atom is -0.495 e. The highest BCUT2D eigenvalue weighted by Gasteiger charge is 2.29. The van der Waals surface area contributed by atoms with Gasteiger partial charge in [0, 0.05) is 30.7 Å². The first-order chi connectivity index (χ1) is 13.6. The lowest BCUT2D eigenvalue weighted by Crippen LogP contribution is -2.45. The van der Waals surface area contributed by atoms with Gasteiger partial charge in [0.25, 0.3) is 0 Å². The molecule has 0 spiro atoms. The lowest BCUT2D eigenvalue weighted by atomic mass is 10.2. The summed E-state index contributed by atoms with van der Waals surface area (Å²) in [5, 5.41) is 7.30. The smallest absolute Gasteiger partial charge is 0.191 e. The fraction of sp³-hybridized carbons (Fsp3) is 0.650. The average Bonchev–Trinajstić information content (AvgIpc) is 3.09. The molecule has 172 valence electrons. The molecule has 1 heterocycles. The van der Waals surface area contributed by atoms with Crippen molar-refractivity contribution in [1.29, 1.82) is 0 Å². The quantitative estimate of drug-likeness (QED) is 0.296. The van der Waals surface area contributed by atoms with Gasteiger partial charge in [-0.05, 0) is 52.3 Å². The van der Waals surface area contributed by atoms with Crippen LogP contribution < -0.4 is 20.3 Å². The van der Waals surface area contributed by atoms with E-state index >= 15 is 0 Å². The van der Waals surface area contributed by atoms with Gasteiger partial charge in [0.2, 0.25) is 0 Å². The van der Waals surface area contributed by atoms with Gasteiger partial charge in [-0.1, -0.05) is 11.6 Å². The number of benzene rings is 1. The summed E-state index contributed by atoms with van der Waals surface area (Å²) in [5.41, 5.74) is 0.975. The summed E-state index contributed by atoms with van der Waals surface area (Å²) in [7, 11) is -1.54. The highest BCUT2D eigenvalue weighted by molar-refractivity contribution is 14.0. The number of sulfone groups is 1. The van der Waals surface area contributed by atoms with Gasteiger partial charge in [-0.25, -0.2) is 8.42 Å². The third kappa shape index (κ3) is 7.33. The number of halogens is 2. The number of hydrogen-bond donors (Lipinski definition) is 2. The van der Waals surface area contributed by atoms with E-state index < -0.39 is 14.6 Å². The second-order valence-corrected chi connectivity index (χ2v) is 11.4. The highest BCUT2D eigenvalue weighted by Crippen LogP contribution is 2.33. The van der Waals surface area contributed by atoms with E-state index in [0.717, 1.165) is 30.9 Å². The van der Waals surface area contributed by atoms with Gasteiger partial charge in [0.15, 0.2) is 15.8 Å². The second-order valence-electron chi connectivity index (χ2n) is 8.08. The van der Waals surface area contributed by atoms with Gasteiger partial charge in [0.05, 0.1) is 29.8 Å². The van der Waals surface area contributed by atoms with Gasteiger partial charge in [-0.2, -0.15) is 0 Å². The molecule has 1 aromatic rings. The summed E-state index contributed by atoms with van der Waals surface area (Å²) in [4.78, 5) is 6.70. The number of rotatable bonds is 7. The Kier molecular flexibility index (Phi) is 10.5. The maximum atomic E-state index is 12.3. The zero-order valence-corrected chi connectivity index (χ0v) is 22.3. The van der Waals surface area contributed by atoms with E-state index in [1.165, 1.54) is 0 Å². The molecule has 2 N–H and O–H groups in total. The number of hydrogen-bond acceptors (Lipinski definition) is 5. The number of methoxy groups -OCH3 is 1. The third-order valence-electron chi connectivity index (χ3n) is 4.92. The van der Waals surface area contributed by atoms with E-state index in [1.54, 1.807) is 27.9 Å². The Morgan fingerprint density at radius 3 is 2.67 bits per heavy atom. The summed E-state index contributed by atoms with van der Waals surface area (Å²) in [6.45, 7) is 9.71. The van der Waals surface area contributed by atoms with Crippen LogP contribution in [-0.4, -0.2) is 64.2 Å². The Bertz CT molecular complexity index is 828. The minimum absolute atomic E-state index is 0. The topological polar surface area (TPSA) is 83.0 Å². The van der Waals surface area contributed by atoms with Crippen molar-refractivity contribution in [3.8, 4) is 5.75 Å². The standard InChI is InChI=1S/C20H33ClN4O3S.HI/c1-6-22-19(23-10-12-29(26,27)20(2,3)4)24-16-9-11-25(14-16)17-13-15(21)7-8-18(17)28-5;/h7-8,13,16H,6,9-12,14H2,1-5H3,(H2,22,23,24);1H. The summed E-state index contributed by atoms with van der Waals surface area (Å²) < 4.78 is 29.3. The van der Waals surface area contributed by atoms with Crippen molar-refractivity contribution in [1.82, 2.24) is 10.6 Å². The van der Waals surface area contributed by atoms with Crippen molar-refractivity contribution < 1.29 is 13.2 Å². The van der Waals surface area contributed by atoms with Crippen molar-refractivity contribution in [3.63, 3.8) is 0 Å². The summed E-state index contributed by atoms with van der Waals surface area (Å²) in [6, 6.07) is 5.80. The number of anilines is 1. The largest absolute Gasteiger partial charge is 0.495 e. The Morgan fingerprint density at radius 2 is 2.07 bits per heavy atom. The van der Waals surface area contributed by atoms with Crippen LogP contribution in [0.5, 0.6) is 5.75 Å². The Balaban J connectivity index is 0.00000450. The number of ether oxygens (including phenoxy) is 1. The number of nitrogens with zero attached hydrogens (tertiary/aromatic N) is 2. The van der Waals surface area contributed by atoms with E-state index in [-0.39, 0.29) is 42.3 Å². The lowest BCUT2D eigenvalue weighted by Gasteiger charge is -2.22. The van der Waals surface area contributed by atoms with E-state index in [1.807, 2.05) is 25.1 Å². The molecule has 0 saturated carbocycles. The molecule has 2 rings (SSSR count). The monoisotopic (exact) mass is 572 g/mol. The fourth-order valence-corrected chi connectivity index (χ4v) is 4.21. The molecule has 1 atom stereocenters. The molecule has 1 saturated heterocycles. The van der Waals surface area contributed by atoms with E-state index in [4.69, 9.17) is 16.3 Å². The number of guanidine groups is 1. The van der Waals surface area contributed by atoms with Crippen LogP contribution in [0.4, 0.5) is 5.69 Å². The van der Waals surface area contributed by atoms with Crippen molar-refractivity contribution in [2.45, 2.75) is 44.9 Å². The van der Waals surface area contributed by atoms with E-state index in [0.29, 0.717) is 17.5 Å². The molecule has 0 radical (unpaired) electrons. The van der Waals surface area contributed by atoms with Crippen LogP contribution in [0.15, 0.2) is 23.2 Å². The molecule has 0 amide bonds. The van der Waals surface area contributed by atoms with Gasteiger partial charge >= 0.3 is 0 Å². The number of aliphatic imine (C=N–C) groups is 1. The molecule has 1 fully saturated rings. The molecular weight excluding hydrogens is 539 g/mol. The summed E-state index contributed by atoms with van der Waals surface area (Å²) in [5.74, 6) is 1.47. The van der Waals surface area contributed by atoms with Crippen LogP contribution in [0, 0.1) is 0 Å². The molecule has 0 aliphatic carbocycles. The normalized spacial score (nSPS) is 17.5. The minimum atomic E-state index is -3.19. The molecular formula is C20H34ClIN4O3S. The second kappa shape index (κ2) is 11.6. The lowest BCUT2D eigenvalue weighted by molar-refractivity contribution is 0.415. The number of nitrogens with one attached hydrogen (secondary N) is 2. The van der Waals surface area contributed by atoms with Crippen LogP contribution in [0.3, 0.4) is 0 Å². The van der Waals surface area contributed by atoms with Crippen LogP contribution in [0.2, 0.25) is 5.02 Å². The van der Waals surface area contributed by atoms with Crippen LogP contribution in [0.25, 0.3) is 0 Å². The van der Waals surface area contributed by atoms with Crippen molar-refractivity contribution in [3.05, 3.63) is 23.2 Å². The third-order valence-corrected chi connectivity index (χ3v) is 7.74. The predicted octanol–water partition coefficient (Wildman–Crippen LogP) is 3.31. The van der Waals surface area contributed by atoms with Gasteiger partial charge in [-0.15, -0.1) is 24.0 Å².